The van der Waals surface area contributed by atoms with Crippen molar-refractivity contribution in [3.8, 4) is 0 Å². The van der Waals surface area contributed by atoms with E-state index in [4.69, 9.17) is 4.74 Å². The van der Waals surface area contributed by atoms with Gasteiger partial charge in [-0.1, -0.05) is 18.2 Å². The topological polar surface area (TPSA) is 75.7 Å². The molecule has 0 unspecified atom stereocenters. The van der Waals surface area contributed by atoms with E-state index in [0.29, 0.717) is 24.3 Å². The smallest absolute Gasteiger partial charge is 0.261 e. The molecule has 1 aliphatic heterocycles. The van der Waals surface area contributed by atoms with Gasteiger partial charge in [0.15, 0.2) is 0 Å². The summed E-state index contributed by atoms with van der Waals surface area (Å²) in [7, 11) is -3.64. The van der Waals surface area contributed by atoms with Crippen LogP contribution in [0.5, 0.6) is 0 Å². The van der Waals surface area contributed by atoms with Crippen LogP contribution in [0.3, 0.4) is 0 Å². The summed E-state index contributed by atoms with van der Waals surface area (Å²) in [6.45, 7) is 4.98. The summed E-state index contributed by atoms with van der Waals surface area (Å²) in [4.78, 5) is 14.6. The Bertz CT molecular complexity index is 856. The number of rotatable bonds is 4. The normalized spacial score (nSPS) is 20.6. The average Bonchev–Trinajstić information content (AvgIpc) is 2.61. The van der Waals surface area contributed by atoms with E-state index in [0.717, 1.165) is 0 Å². The first-order valence-corrected chi connectivity index (χ1v) is 9.96. The molecule has 1 aliphatic rings. The van der Waals surface area contributed by atoms with Crippen LogP contribution in [0.4, 0.5) is 5.69 Å². The van der Waals surface area contributed by atoms with Crippen LogP contribution >= 0.6 is 0 Å². The van der Waals surface area contributed by atoms with Crippen LogP contribution in [-0.4, -0.2) is 44.5 Å². The number of carbonyl (C=O) groups is 1. The van der Waals surface area contributed by atoms with E-state index in [1.54, 1.807) is 47.4 Å². The minimum atomic E-state index is -3.64. The van der Waals surface area contributed by atoms with Crippen molar-refractivity contribution in [3.05, 3.63) is 60.2 Å². The predicted octanol–water partition coefficient (Wildman–Crippen LogP) is 2.74. The molecule has 0 aromatic heterocycles. The van der Waals surface area contributed by atoms with Crippen molar-refractivity contribution in [1.29, 1.82) is 0 Å². The summed E-state index contributed by atoms with van der Waals surface area (Å²) < 4.78 is 32.8. The third kappa shape index (κ3) is 4.23. The summed E-state index contributed by atoms with van der Waals surface area (Å²) in [5.74, 6) is -0.0792. The third-order valence-corrected chi connectivity index (χ3v) is 5.54. The second-order valence-corrected chi connectivity index (χ2v) is 8.15. The molecule has 7 heteroatoms. The highest BCUT2D eigenvalue weighted by molar-refractivity contribution is 7.92. The predicted molar refractivity (Wildman–Crippen MR) is 99.6 cm³/mol. The molecule has 2 atom stereocenters. The SMILES string of the molecule is C[C@@H]1CN(C(=O)c2ccc(NS(=O)(=O)c3ccccc3)cc2)C[C@@H](C)O1. The Morgan fingerprint density at radius 2 is 1.58 bits per heavy atom. The fourth-order valence-corrected chi connectivity index (χ4v) is 4.10. The van der Waals surface area contributed by atoms with Gasteiger partial charge in [0.2, 0.25) is 0 Å². The quantitative estimate of drug-likeness (QED) is 0.893. The largest absolute Gasteiger partial charge is 0.372 e. The fourth-order valence-electron chi connectivity index (χ4n) is 3.02. The highest BCUT2D eigenvalue weighted by Gasteiger charge is 2.26. The molecule has 0 radical (unpaired) electrons. The van der Waals surface area contributed by atoms with Crippen LogP contribution in [0, 0.1) is 0 Å². The number of ether oxygens (including phenoxy) is 1. The second-order valence-electron chi connectivity index (χ2n) is 6.46. The summed E-state index contributed by atoms with van der Waals surface area (Å²) >= 11 is 0. The Morgan fingerprint density at radius 1 is 1.00 bits per heavy atom. The number of anilines is 1. The van der Waals surface area contributed by atoms with Crippen LogP contribution in [0.15, 0.2) is 59.5 Å². The molecule has 1 N–H and O–H groups in total. The fraction of sp³-hybridized carbons (Fsp3) is 0.316. The Labute approximate surface area is 153 Å². The van der Waals surface area contributed by atoms with Crippen LogP contribution < -0.4 is 4.72 Å². The highest BCUT2D eigenvalue weighted by Crippen LogP contribution is 2.19. The van der Waals surface area contributed by atoms with Crippen molar-refractivity contribution >= 4 is 21.6 Å². The average molecular weight is 374 g/mol. The molecule has 1 amide bonds. The zero-order valence-corrected chi connectivity index (χ0v) is 15.6. The summed E-state index contributed by atoms with van der Waals surface area (Å²) in [6, 6.07) is 14.6. The van der Waals surface area contributed by atoms with Crippen molar-refractivity contribution in [3.63, 3.8) is 0 Å². The maximum atomic E-state index is 12.6. The molecule has 0 aliphatic carbocycles. The van der Waals surface area contributed by atoms with Gasteiger partial charge in [0, 0.05) is 24.3 Å². The molecule has 0 spiro atoms. The van der Waals surface area contributed by atoms with Crippen LogP contribution in [0.25, 0.3) is 0 Å². The van der Waals surface area contributed by atoms with Gasteiger partial charge < -0.3 is 9.64 Å². The van der Waals surface area contributed by atoms with Gasteiger partial charge in [-0.2, -0.15) is 0 Å². The number of sulfonamides is 1. The maximum Gasteiger partial charge on any atom is 0.261 e. The van der Waals surface area contributed by atoms with Gasteiger partial charge >= 0.3 is 0 Å². The van der Waals surface area contributed by atoms with E-state index in [2.05, 4.69) is 4.72 Å². The van der Waals surface area contributed by atoms with Crippen molar-refractivity contribution in [1.82, 2.24) is 4.90 Å². The van der Waals surface area contributed by atoms with E-state index >= 15 is 0 Å². The molecule has 2 aromatic carbocycles. The molecular weight excluding hydrogens is 352 g/mol. The lowest BCUT2D eigenvalue weighted by Gasteiger charge is -2.35. The van der Waals surface area contributed by atoms with E-state index in [1.807, 2.05) is 13.8 Å². The zero-order valence-electron chi connectivity index (χ0n) is 14.8. The molecule has 2 aromatic rings. The van der Waals surface area contributed by atoms with E-state index in [-0.39, 0.29) is 23.0 Å². The van der Waals surface area contributed by atoms with Gasteiger partial charge in [0.05, 0.1) is 17.1 Å². The van der Waals surface area contributed by atoms with Crippen molar-refractivity contribution < 1.29 is 17.9 Å². The number of morpholine rings is 1. The maximum absolute atomic E-state index is 12.6. The lowest BCUT2D eigenvalue weighted by atomic mass is 10.1. The Morgan fingerprint density at radius 3 is 2.15 bits per heavy atom. The third-order valence-electron chi connectivity index (χ3n) is 4.14. The van der Waals surface area contributed by atoms with Crippen molar-refractivity contribution in [2.45, 2.75) is 31.0 Å². The minimum absolute atomic E-state index is 0.000319. The Kier molecular flexibility index (Phi) is 5.29. The van der Waals surface area contributed by atoms with E-state index < -0.39 is 10.0 Å². The van der Waals surface area contributed by atoms with Gasteiger partial charge in [-0.15, -0.1) is 0 Å². The number of nitrogens with zero attached hydrogens (tertiary/aromatic N) is 1. The molecule has 1 saturated heterocycles. The number of carbonyl (C=O) groups excluding carboxylic acids is 1. The van der Waals surface area contributed by atoms with Crippen LogP contribution in [0.1, 0.15) is 24.2 Å². The molecule has 0 bridgehead atoms. The van der Waals surface area contributed by atoms with E-state index in [9.17, 15) is 13.2 Å². The molecule has 0 saturated carbocycles. The number of benzene rings is 2. The number of hydrogen-bond acceptors (Lipinski definition) is 4. The summed E-state index contributed by atoms with van der Waals surface area (Å²) in [6.07, 6.45) is -0.000638. The van der Waals surface area contributed by atoms with Gasteiger partial charge in [0.1, 0.15) is 0 Å². The monoisotopic (exact) mass is 374 g/mol. The number of hydrogen-bond donors (Lipinski definition) is 1. The minimum Gasteiger partial charge on any atom is -0.372 e. The molecule has 1 fully saturated rings. The summed E-state index contributed by atoms with van der Waals surface area (Å²) in [5, 5.41) is 0. The Balaban J connectivity index is 1.71. The van der Waals surface area contributed by atoms with Gasteiger partial charge in [0.25, 0.3) is 15.9 Å². The van der Waals surface area contributed by atoms with Gasteiger partial charge in [-0.05, 0) is 50.2 Å². The molecule has 3 rings (SSSR count). The molecule has 26 heavy (non-hydrogen) atoms. The lowest BCUT2D eigenvalue weighted by Crippen LogP contribution is -2.48. The van der Waals surface area contributed by atoms with E-state index in [1.165, 1.54) is 12.1 Å². The molecule has 1 heterocycles. The standard InChI is InChI=1S/C19H22N2O4S/c1-14-12-21(13-15(2)25-14)19(22)16-8-10-17(11-9-16)20-26(23,24)18-6-4-3-5-7-18/h3-11,14-15,20H,12-13H2,1-2H3/t14-,15-/m1/s1. The van der Waals surface area contributed by atoms with Gasteiger partial charge in [-0.25, -0.2) is 8.42 Å². The molecular formula is C19H22N2O4S. The van der Waals surface area contributed by atoms with Gasteiger partial charge in [-0.3, -0.25) is 9.52 Å². The van der Waals surface area contributed by atoms with Crippen molar-refractivity contribution in [2.24, 2.45) is 0 Å². The second kappa shape index (κ2) is 7.47. The van der Waals surface area contributed by atoms with Crippen LogP contribution in [0.2, 0.25) is 0 Å². The first-order chi connectivity index (χ1) is 12.3. The first kappa shape index (κ1) is 18.4. The Hall–Kier alpha value is -2.38. The first-order valence-electron chi connectivity index (χ1n) is 8.48. The highest BCUT2D eigenvalue weighted by atomic mass is 32.2. The van der Waals surface area contributed by atoms with Crippen molar-refractivity contribution in [2.75, 3.05) is 17.8 Å². The molecule has 6 nitrogen and oxygen atoms in total. The molecule has 138 valence electrons. The summed E-state index contributed by atoms with van der Waals surface area (Å²) in [5.41, 5.74) is 0.933. The number of nitrogens with one attached hydrogen (secondary N) is 1. The zero-order chi connectivity index (χ0) is 18.7. The van der Waals surface area contributed by atoms with Crippen LogP contribution in [-0.2, 0) is 14.8 Å². The number of amides is 1. The lowest BCUT2D eigenvalue weighted by molar-refractivity contribution is -0.0586.